The highest BCUT2D eigenvalue weighted by atomic mass is 16.7. The predicted molar refractivity (Wildman–Crippen MR) is 40.2 cm³/mol. The molecule has 0 aromatic carbocycles. The van der Waals surface area contributed by atoms with Gasteiger partial charge in [-0.1, -0.05) is 6.92 Å². The van der Waals surface area contributed by atoms with E-state index >= 15 is 0 Å². The number of hydrogen-bond donors (Lipinski definition) is 0. The molecule has 0 amide bonds. The first kappa shape index (κ1) is 8.53. The maximum atomic E-state index is 11.1. The molecular formula is C8H14O3. The summed E-state index contributed by atoms with van der Waals surface area (Å²) in [6.45, 7) is 6.08. The summed E-state index contributed by atoms with van der Waals surface area (Å²) in [5, 5.41) is 0. The van der Waals surface area contributed by atoms with E-state index in [2.05, 4.69) is 0 Å². The van der Waals surface area contributed by atoms with Crippen LogP contribution in [0.3, 0.4) is 0 Å². The lowest BCUT2D eigenvalue weighted by molar-refractivity contribution is -0.149. The molecule has 2 atom stereocenters. The van der Waals surface area contributed by atoms with Crippen LogP contribution in [0.5, 0.6) is 0 Å². The van der Waals surface area contributed by atoms with Crippen LogP contribution in [0.4, 0.5) is 0 Å². The SMILES string of the molecule is CCCOC(=O)C1(C)OC1C. The van der Waals surface area contributed by atoms with Gasteiger partial charge in [-0.15, -0.1) is 0 Å². The Morgan fingerprint density at radius 1 is 1.73 bits per heavy atom. The van der Waals surface area contributed by atoms with E-state index in [1.54, 1.807) is 6.92 Å². The first-order valence-corrected chi connectivity index (χ1v) is 3.96. The molecule has 0 saturated carbocycles. The summed E-state index contributed by atoms with van der Waals surface area (Å²) >= 11 is 0. The van der Waals surface area contributed by atoms with Crippen LogP contribution in [-0.4, -0.2) is 24.3 Å². The van der Waals surface area contributed by atoms with Gasteiger partial charge in [-0.05, 0) is 20.3 Å². The summed E-state index contributed by atoms with van der Waals surface area (Å²) in [5.41, 5.74) is -0.644. The third kappa shape index (κ3) is 1.53. The fraction of sp³-hybridized carbons (Fsp3) is 0.875. The first-order chi connectivity index (χ1) is 5.11. The monoisotopic (exact) mass is 158 g/mol. The average molecular weight is 158 g/mol. The molecule has 64 valence electrons. The minimum Gasteiger partial charge on any atom is -0.463 e. The molecule has 1 fully saturated rings. The van der Waals surface area contributed by atoms with Gasteiger partial charge in [0.05, 0.1) is 12.7 Å². The molecule has 0 radical (unpaired) electrons. The second-order valence-electron chi connectivity index (χ2n) is 3.00. The Morgan fingerprint density at radius 2 is 2.27 bits per heavy atom. The van der Waals surface area contributed by atoms with Crippen LogP contribution in [0, 0.1) is 0 Å². The molecule has 1 rings (SSSR count). The van der Waals surface area contributed by atoms with Crippen molar-refractivity contribution in [3.8, 4) is 0 Å². The van der Waals surface area contributed by atoms with E-state index in [0.29, 0.717) is 6.61 Å². The molecule has 1 heterocycles. The van der Waals surface area contributed by atoms with Gasteiger partial charge in [0.15, 0.2) is 5.60 Å². The van der Waals surface area contributed by atoms with Gasteiger partial charge in [0, 0.05) is 0 Å². The van der Waals surface area contributed by atoms with Gasteiger partial charge < -0.3 is 9.47 Å². The Hall–Kier alpha value is -0.570. The van der Waals surface area contributed by atoms with Crippen LogP contribution in [0.15, 0.2) is 0 Å². The highest BCUT2D eigenvalue weighted by Gasteiger charge is 2.57. The number of esters is 1. The largest absolute Gasteiger partial charge is 0.463 e. The molecule has 0 N–H and O–H groups in total. The Kier molecular flexibility index (Phi) is 2.18. The third-order valence-electron chi connectivity index (χ3n) is 1.98. The van der Waals surface area contributed by atoms with Gasteiger partial charge in [0.2, 0.25) is 0 Å². The number of rotatable bonds is 3. The number of carbonyl (C=O) groups is 1. The van der Waals surface area contributed by atoms with E-state index in [9.17, 15) is 4.79 Å². The van der Waals surface area contributed by atoms with Gasteiger partial charge in [0.25, 0.3) is 0 Å². The molecule has 2 unspecified atom stereocenters. The average Bonchev–Trinajstić information content (AvgIpc) is 2.56. The summed E-state index contributed by atoms with van der Waals surface area (Å²) in [6.07, 6.45) is 0.878. The Balaban J connectivity index is 2.31. The van der Waals surface area contributed by atoms with Crippen molar-refractivity contribution in [1.29, 1.82) is 0 Å². The van der Waals surface area contributed by atoms with Crippen LogP contribution in [-0.2, 0) is 14.3 Å². The van der Waals surface area contributed by atoms with Crippen molar-refractivity contribution in [3.63, 3.8) is 0 Å². The Morgan fingerprint density at radius 3 is 2.64 bits per heavy atom. The standard InChI is InChI=1S/C8H14O3/c1-4-5-10-7(9)8(3)6(2)11-8/h6H,4-5H2,1-3H3. The van der Waals surface area contributed by atoms with Crippen LogP contribution in [0.2, 0.25) is 0 Å². The topological polar surface area (TPSA) is 38.8 Å². The van der Waals surface area contributed by atoms with Gasteiger partial charge >= 0.3 is 5.97 Å². The zero-order valence-electron chi connectivity index (χ0n) is 7.22. The maximum Gasteiger partial charge on any atom is 0.340 e. The molecule has 1 aliphatic rings. The van der Waals surface area contributed by atoms with Gasteiger partial charge in [0.1, 0.15) is 0 Å². The summed E-state index contributed by atoms with van der Waals surface area (Å²) in [7, 11) is 0. The van der Waals surface area contributed by atoms with Crippen LogP contribution >= 0.6 is 0 Å². The van der Waals surface area contributed by atoms with Crippen molar-refractivity contribution < 1.29 is 14.3 Å². The lowest BCUT2D eigenvalue weighted by Gasteiger charge is -2.05. The van der Waals surface area contributed by atoms with Crippen molar-refractivity contribution in [2.24, 2.45) is 0 Å². The predicted octanol–water partition coefficient (Wildman–Crippen LogP) is 1.12. The fourth-order valence-corrected chi connectivity index (χ4v) is 0.885. The zero-order chi connectivity index (χ0) is 8.48. The van der Waals surface area contributed by atoms with Crippen LogP contribution < -0.4 is 0 Å². The van der Waals surface area contributed by atoms with Crippen molar-refractivity contribution >= 4 is 5.97 Å². The molecule has 0 spiro atoms. The lowest BCUT2D eigenvalue weighted by Crippen LogP contribution is -2.25. The first-order valence-electron chi connectivity index (χ1n) is 3.96. The molecule has 1 aliphatic heterocycles. The van der Waals surface area contributed by atoms with Gasteiger partial charge in [-0.3, -0.25) is 0 Å². The minimum atomic E-state index is -0.644. The Labute approximate surface area is 66.7 Å². The van der Waals surface area contributed by atoms with Crippen molar-refractivity contribution in [2.75, 3.05) is 6.61 Å². The van der Waals surface area contributed by atoms with Gasteiger partial charge in [-0.25, -0.2) is 4.79 Å². The number of ether oxygens (including phenoxy) is 2. The van der Waals surface area contributed by atoms with Crippen molar-refractivity contribution in [1.82, 2.24) is 0 Å². The normalized spacial score (nSPS) is 35.0. The Bertz CT molecular complexity index is 167. The summed E-state index contributed by atoms with van der Waals surface area (Å²) < 4.78 is 10.0. The summed E-state index contributed by atoms with van der Waals surface area (Å²) in [4.78, 5) is 11.1. The number of epoxide rings is 1. The molecule has 0 aliphatic carbocycles. The lowest BCUT2D eigenvalue weighted by atomic mass is 10.1. The summed E-state index contributed by atoms with van der Waals surface area (Å²) in [5.74, 6) is -0.230. The van der Waals surface area contributed by atoms with Crippen molar-refractivity contribution in [3.05, 3.63) is 0 Å². The molecule has 11 heavy (non-hydrogen) atoms. The van der Waals surface area contributed by atoms with Crippen LogP contribution in [0.1, 0.15) is 27.2 Å². The third-order valence-corrected chi connectivity index (χ3v) is 1.98. The molecule has 3 heteroatoms. The highest BCUT2D eigenvalue weighted by molar-refractivity contribution is 5.82. The van der Waals surface area contributed by atoms with E-state index in [0.717, 1.165) is 6.42 Å². The number of hydrogen-bond acceptors (Lipinski definition) is 3. The molecule has 0 aromatic rings. The van der Waals surface area contributed by atoms with E-state index < -0.39 is 5.60 Å². The maximum absolute atomic E-state index is 11.1. The zero-order valence-corrected chi connectivity index (χ0v) is 7.22. The van der Waals surface area contributed by atoms with E-state index in [4.69, 9.17) is 9.47 Å². The van der Waals surface area contributed by atoms with E-state index in [-0.39, 0.29) is 12.1 Å². The molecular weight excluding hydrogens is 144 g/mol. The van der Waals surface area contributed by atoms with E-state index in [1.807, 2.05) is 13.8 Å². The second-order valence-corrected chi connectivity index (χ2v) is 3.00. The minimum absolute atomic E-state index is 0.0202. The second kappa shape index (κ2) is 2.81. The molecule has 0 aromatic heterocycles. The number of carbonyl (C=O) groups excluding carboxylic acids is 1. The highest BCUT2D eigenvalue weighted by Crippen LogP contribution is 2.36. The molecule has 0 bridgehead atoms. The van der Waals surface area contributed by atoms with E-state index in [1.165, 1.54) is 0 Å². The molecule has 3 nitrogen and oxygen atoms in total. The quantitative estimate of drug-likeness (QED) is 0.456. The smallest absolute Gasteiger partial charge is 0.340 e. The fourth-order valence-electron chi connectivity index (χ4n) is 0.885. The molecule has 1 saturated heterocycles. The van der Waals surface area contributed by atoms with Crippen molar-refractivity contribution in [2.45, 2.75) is 38.9 Å². The summed E-state index contributed by atoms with van der Waals surface area (Å²) in [6, 6.07) is 0. The van der Waals surface area contributed by atoms with Crippen LogP contribution in [0.25, 0.3) is 0 Å². The van der Waals surface area contributed by atoms with Gasteiger partial charge in [-0.2, -0.15) is 0 Å².